The maximum absolute atomic E-state index is 4.67. The number of rotatable bonds is 4. The molecule has 3 rings (SSSR count). The average Bonchev–Trinajstić information content (AvgIpc) is 2.53. The number of nitrogens with zero attached hydrogens (tertiary/aromatic N) is 2. The molecular weight excluding hydrogens is 246 g/mol. The monoisotopic (exact) mass is 269 g/mol. The molecule has 1 aromatic heterocycles. The molecule has 2 unspecified atom stereocenters. The molecule has 0 saturated heterocycles. The van der Waals surface area contributed by atoms with E-state index in [-0.39, 0.29) is 0 Å². The summed E-state index contributed by atoms with van der Waals surface area (Å²) in [6.07, 6.45) is 8.60. The van der Waals surface area contributed by atoms with Gasteiger partial charge in [0, 0.05) is 12.6 Å². The highest BCUT2D eigenvalue weighted by atomic mass is 14.9. The van der Waals surface area contributed by atoms with Crippen LogP contribution in [0.5, 0.6) is 0 Å². The molecule has 1 aliphatic carbocycles. The SMILES string of the molecule is CCC1CCCC(NCc2cnc3ccccc3n2)C1. The van der Waals surface area contributed by atoms with Crippen molar-refractivity contribution in [1.29, 1.82) is 0 Å². The van der Waals surface area contributed by atoms with E-state index in [9.17, 15) is 0 Å². The summed E-state index contributed by atoms with van der Waals surface area (Å²) in [5.74, 6) is 0.906. The minimum atomic E-state index is 0.655. The number of fused-ring (bicyclic) bond motifs is 1. The van der Waals surface area contributed by atoms with E-state index in [4.69, 9.17) is 0 Å². The predicted molar refractivity (Wildman–Crippen MR) is 82.4 cm³/mol. The summed E-state index contributed by atoms with van der Waals surface area (Å²) in [7, 11) is 0. The van der Waals surface area contributed by atoms with Gasteiger partial charge in [0.25, 0.3) is 0 Å². The topological polar surface area (TPSA) is 37.8 Å². The summed E-state index contributed by atoms with van der Waals surface area (Å²) >= 11 is 0. The number of nitrogens with one attached hydrogen (secondary N) is 1. The zero-order chi connectivity index (χ0) is 13.8. The molecule has 1 aromatic carbocycles. The van der Waals surface area contributed by atoms with E-state index in [2.05, 4.69) is 22.2 Å². The third kappa shape index (κ3) is 3.15. The molecule has 1 heterocycles. The van der Waals surface area contributed by atoms with Crippen LogP contribution in [0.2, 0.25) is 0 Å². The average molecular weight is 269 g/mol. The van der Waals surface area contributed by atoms with E-state index in [1.165, 1.54) is 32.1 Å². The van der Waals surface area contributed by atoms with E-state index >= 15 is 0 Å². The van der Waals surface area contributed by atoms with Gasteiger partial charge in [-0.1, -0.05) is 38.3 Å². The summed E-state index contributed by atoms with van der Waals surface area (Å²) in [5.41, 5.74) is 3.00. The van der Waals surface area contributed by atoms with Crippen molar-refractivity contribution in [3.8, 4) is 0 Å². The molecule has 3 nitrogen and oxygen atoms in total. The Labute approximate surface area is 120 Å². The lowest BCUT2D eigenvalue weighted by Crippen LogP contribution is -2.33. The van der Waals surface area contributed by atoms with Crippen molar-refractivity contribution >= 4 is 11.0 Å². The van der Waals surface area contributed by atoms with E-state index in [0.29, 0.717) is 6.04 Å². The summed E-state index contributed by atoms with van der Waals surface area (Å²) < 4.78 is 0. The third-order valence-corrected chi connectivity index (χ3v) is 4.43. The van der Waals surface area contributed by atoms with Gasteiger partial charge in [0.2, 0.25) is 0 Å². The number of para-hydroxylation sites is 2. The molecule has 0 radical (unpaired) electrons. The van der Waals surface area contributed by atoms with Crippen molar-refractivity contribution in [2.75, 3.05) is 0 Å². The van der Waals surface area contributed by atoms with Gasteiger partial charge in [0.1, 0.15) is 0 Å². The maximum atomic E-state index is 4.67. The van der Waals surface area contributed by atoms with Gasteiger partial charge in [-0.05, 0) is 30.9 Å². The lowest BCUT2D eigenvalue weighted by atomic mass is 9.84. The zero-order valence-electron chi connectivity index (χ0n) is 12.2. The van der Waals surface area contributed by atoms with Crippen molar-refractivity contribution in [3.05, 3.63) is 36.2 Å². The van der Waals surface area contributed by atoms with E-state index in [1.54, 1.807) is 0 Å². The van der Waals surface area contributed by atoms with Crippen LogP contribution < -0.4 is 5.32 Å². The fourth-order valence-corrected chi connectivity index (χ4v) is 3.18. The normalized spacial score (nSPS) is 23.1. The van der Waals surface area contributed by atoms with Crippen LogP contribution in [0.25, 0.3) is 11.0 Å². The van der Waals surface area contributed by atoms with Crippen LogP contribution in [0.4, 0.5) is 0 Å². The molecule has 3 heteroatoms. The second-order valence-electron chi connectivity index (χ2n) is 5.87. The lowest BCUT2D eigenvalue weighted by Gasteiger charge is -2.29. The Kier molecular flexibility index (Phi) is 4.26. The summed E-state index contributed by atoms with van der Waals surface area (Å²) in [5, 5.41) is 3.66. The Hall–Kier alpha value is -1.48. The molecule has 20 heavy (non-hydrogen) atoms. The largest absolute Gasteiger partial charge is 0.308 e. The quantitative estimate of drug-likeness (QED) is 0.920. The fourth-order valence-electron chi connectivity index (χ4n) is 3.18. The Balaban J connectivity index is 1.61. The minimum Gasteiger partial charge on any atom is -0.308 e. The Morgan fingerprint density at radius 2 is 2.05 bits per heavy atom. The van der Waals surface area contributed by atoms with E-state index in [1.807, 2.05) is 30.5 Å². The number of aromatic nitrogens is 2. The molecule has 1 N–H and O–H groups in total. The zero-order valence-corrected chi connectivity index (χ0v) is 12.2. The summed E-state index contributed by atoms with van der Waals surface area (Å²) in [6, 6.07) is 8.71. The Morgan fingerprint density at radius 3 is 2.90 bits per heavy atom. The predicted octanol–water partition coefficient (Wildman–Crippen LogP) is 3.69. The molecule has 1 saturated carbocycles. The first-order valence-electron chi connectivity index (χ1n) is 7.79. The summed E-state index contributed by atoms with van der Waals surface area (Å²) in [6.45, 7) is 3.14. The first kappa shape index (κ1) is 13.5. The minimum absolute atomic E-state index is 0.655. The fraction of sp³-hybridized carbons (Fsp3) is 0.529. The van der Waals surface area contributed by atoms with Crippen LogP contribution >= 0.6 is 0 Å². The van der Waals surface area contributed by atoms with Gasteiger partial charge in [-0.25, -0.2) is 4.98 Å². The first-order chi connectivity index (χ1) is 9.85. The smallest absolute Gasteiger partial charge is 0.0890 e. The van der Waals surface area contributed by atoms with Crippen molar-refractivity contribution in [2.45, 2.75) is 51.6 Å². The highest BCUT2D eigenvalue weighted by Crippen LogP contribution is 2.26. The van der Waals surface area contributed by atoms with Gasteiger partial charge in [-0.3, -0.25) is 4.98 Å². The van der Waals surface area contributed by atoms with Crippen molar-refractivity contribution in [3.63, 3.8) is 0 Å². The molecule has 106 valence electrons. The number of benzene rings is 1. The number of hydrogen-bond acceptors (Lipinski definition) is 3. The molecular formula is C17H23N3. The van der Waals surface area contributed by atoms with Crippen LogP contribution in [0.15, 0.2) is 30.5 Å². The molecule has 0 spiro atoms. The van der Waals surface area contributed by atoms with Crippen molar-refractivity contribution < 1.29 is 0 Å². The first-order valence-corrected chi connectivity index (χ1v) is 7.79. The second-order valence-corrected chi connectivity index (χ2v) is 5.87. The van der Waals surface area contributed by atoms with Crippen LogP contribution in [0.3, 0.4) is 0 Å². The number of hydrogen-bond donors (Lipinski definition) is 1. The van der Waals surface area contributed by atoms with Crippen LogP contribution in [-0.2, 0) is 6.54 Å². The van der Waals surface area contributed by atoms with Crippen molar-refractivity contribution in [2.24, 2.45) is 5.92 Å². The molecule has 1 fully saturated rings. The Bertz CT molecular complexity index is 567. The van der Waals surface area contributed by atoms with Gasteiger partial charge >= 0.3 is 0 Å². The molecule has 1 aliphatic rings. The van der Waals surface area contributed by atoms with Gasteiger partial charge in [-0.15, -0.1) is 0 Å². The molecule has 0 bridgehead atoms. The standard InChI is InChI=1S/C17H23N3/c1-2-13-6-5-7-14(10-13)18-11-15-12-19-16-8-3-4-9-17(16)20-15/h3-4,8-9,12-14,18H,2,5-7,10-11H2,1H3. The van der Waals surface area contributed by atoms with Gasteiger partial charge in [0.05, 0.1) is 22.9 Å². The van der Waals surface area contributed by atoms with Gasteiger partial charge < -0.3 is 5.32 Å². The summed E-state index contributed by atoms with van der Waals surface area (Å²) in [4.78, 5) is 9.15. The lowest BCUT2D eigenvalue weighted by molar-refractivity contribution is 0.278. The third-order valence-electron chi connectivity index (χ3n) is 4.43. The van der Waals surface area contributed by atoms with Crippen LogP contribution in [0, 0.1) is 5.92 Å². The van der Waals surface area contributed by atoms with Crippen LogP contribution in [-0.4, -0.2) is 16.0 Å². The Morgan fingerprint density at radius 1 is 1.20 bits per heavy atom. The molecule has 2 aromatic rings. The second kappa shape index (κ2) is 6.31. The van der Waals surface area contributed by atoms with E-state index < -0.39 is 0 Å². The van der Waals surface area contributed by atoms with Crippen molar-refractivity contribution in [1.82, 2.24) is 15.3 Å². The molecule has 2 atom stereocenters. The van der Waals surface area contributed by atoms with E-state index in [0.717, 1.165) is 29.2 Å². The van der Waals surface area contributed by atoms with Crippen LogP contribution in [0.1, 0.15) is 44.7 Å². The molecule has 0 amide bonds. The highest BCUT2D eigenvalue weighted by molar-refractivity contribution is 5.73. The highest BCUT2D eigenvalue weighted by Gasteiger charge is 2.20. The molecule has 0 aliphatic heterocycles. The maximum Gasteiger partial charge on any atom is 0.0890 e. The van der Waals surface area contributed by atoms with Gasteiger partial charge in [0.15, 0.2) is 0 Å². The van der Waals surface area contributed by atoms with Gasteiger partial charge in [-0.2, -0.15) is 0 Å².